The van der Waals surface area contributed by atoms with Crippen molar-refractivity contribution in [1.29, 1.82) is 0 Å². The van der Waals surface area contributed by atoms with Crippen LogP contribution in [0.15, 0.2) is 24.3 Å². The number of carbonyl (C=O) groups is 2. The molecule has 0 aromatic heterocycles. The van der Waals surface area contributed by atoms with Gasteiger partial charge in [-0.15, -0.1) is 0 Å². The summed E-state index contributed by atoms with van der Waals surface area (Å²) >= 11 is 0. The molecule has 1 aromatic carbocycles. The maximum Gasteiger partial charge on any atom is 0.246 e. The molecule has 0 fully saturated rings. The van der Waals surface area contributed by atoms with Gasteiger partial charge in [0.1, 0.15) is 6.04 Å². The zero-order chi connectivity index (χ0) is 14.3. The molecular formula is C15H22N2O2. The summed E-state index contributed by atoms with van der Waals surface area (Å²) in [5.41, 5.74) is 1.78. The van der Waals surface area contributed by atoms with Crippen LogP contribution in [0.25, 0.3) is 0 Å². The van der Waals surface area contributed by atoms with Crippen LogP contribution in [0.1, 0.15) is 38.7 Å². The van der Waals surface area contributed by atoms with Crippen LogP contribution in [0.2, 0.25) is 0 Å². The van der Waals surface area contributed by atoms with Crippen LogP contribution in [-0.4, -0.2) is 17.9 Å². The van der Waals surface area contributed by atoms with Gasteiger partial charge in [-0.3, -0.25) is 9.59 Å². The quantitative estimate of drug-likeness (QED) is 0.828. The molecule has 4 heteroatoms. The Balaban J connectivity index is 2.49. The van der Waals surface area contributed by atoms with Crippen molar-refractivity contribution in [1.82, 2.24) is 5.32 Å². The average Bonchev–Trinajstić information content (AvgIpc) is 2.38. The van der Waals surface area contributed by atoms with Gasteiger partial charge in [0.25, 0.3) is 0 Å². The molecule has 0 bridgehead atoms. The van der Waals surface area contributed by atoms with E-state index in [2.05, 4.69) is 10.6 Å². The van der Waals surface area contributed by atoms with Gasteiger partial charge in [-0.1, -0.05) is 31.5 Å². The first kappa shape index (κ1) is 15.2. The number of hydrogen-bond acceptors (Lipinski definition) is 2. The predicted molar refractivity (Wildman–Crippen MR) is 76.9 cm³/mol. The minimum Gasteiger partial charge on any atom is -0.345 e. The Kier molecular flexibility index (Phi) is 6.06. The van der Waals surface area contributed by atoms with E-state index in [1.807, 2.05) is 38.1 Å². The Morgan fingerprint density at radius 1 is 1.26 bits per heavy atom. The largest absolute Gasteiger partial charge is 0.345 e. The van der Waals surface area contributed by atoms with Gasteiger partial charge in [0.2, 0.25) is 11.8 Å². The van der Waals surface area contributed by atoms with Crippen molar-refractivity contribution in [3.05, 3.63) is 29.8 Å². The highest BCUT2D eigenvalue weighted by molar-refractivity contribution is 5.97. The summed E-state index contributed by atoms with van der Waals surface area (Å²) in [7, 11) is 0. The van der Waals surface area contributed by atoms with Crippen molar-refractivity contribution in [3.63, 3.8) is 0 Å². The maximum atomic E-state index is 11.9. The number of carbonyl (C=O) groups excluding carboxylic acids is 2. The summed E-state index contributed by atoms with van der Waals surface area (Å²) in [6.45, 7) is 5.65. The fourth-order valence-electron chi connectivity index (χ4n) is 1.67. The normalized spacial score (nSPS) is 11.7. The minimum atomic E-state index is -0.524. The van der Waals surface area contributed by atoms with E-state index in [-0.39, 0.29) is 11.8 Å². The molecule has 0 radical (unpaired) electrons. The lowest BCUT2D eigenvalue weighted by Gasteiger charge is -2.15. The summed E-state index contributed by atoms with van der Waals surface area (Å²) in [5, 5.41) is 5.52. The third-order valence-electron chi connectivity index (χ3n) is 2.93. The molecule has 0 aliphatic rings. The van der Waals surface area contributed by atoms with Gasteiger partial charge in [-0.25, -0.2) is 0 Å². The van der Waals surface area contributed by atoms with Crippen LogP contribution >= 0.6 is 0 Å². The Morgan fingerprint density at radius 2 is 1.95 bits per heavy atom. The Hall–Kier alpha value is -1.84. The second-order valence-corrected chi connectivity index (χ2v) is 4.70. The lowest BCUT2D eigenvalue weighted by molar-refractivity contribution is -0.126. The van der Waals surface area contributed by atoms with Crippen molar-refractivity contribution in [3.8, 4) is 0 Å². The van der Waals surface area contributed by atoms with E-state index in [1.54, 1.807) is 6.92 Å². The van der Waals surface area contributed by atoms with E-state index < -0.39 is 6.04 Å². The van der Waals surface area contributed by atoms with Gasteiger partial charge < -0.3 is 10.6 Å². The van der Waals surface area contributed by atoms with Crippen molar-refractivity contribution in [2.45, 2.75) is 46.1 Å². The van der Waals surface area contributed by atoms with Crippen LogP contribution in [0.5, 0.6) is 0 Å². The number of para-hydroxylation sites is 1. The molecule has 2 amide bonds. The van der Waals surface area contributed by atoms with E-state index >= 15 is 0 Å². The molecule has 1 atom stereocenters. The molecule has 2 N–H and O–H groups in total. The predicted octanol–water partition coefficient (Wildman–Crippen LogP) is 2.63. The van der Waals surface area contributed by atoms with Gasteiger partial charge in [0.15, 0.2) is 0 Å². The first-order valence-electron chi connectivity index (χ1n) is 6.70. The molecule has 1 rings (SSSR count). The fourth-order valence-corrected chi connectivity index (χ4v) is 1.67. The second-order valence-electron chi connectivity index (χ2n) is 4.70. The zero-order valence-corrected chi connectivity index (χ0v) is 11.8. The minimum absolute atomic E-state index is 0.0747. The molecule has 0 heterocycles. The highest BCUT2D eigenvalue weighted by Crippen LogP contribution is 2.13. The molecule has 0 aliphatic heterocycles. The number of benzene rings is 1. The molecule has 4 nitrogen and oxygen atoms in total. The highest BCUT2D eigenvalue weighted by atomic mass is 16.2. The molecule has 0 saturated heterocycles. The van der Waals surface area contributed by atoms with E-state index in [9.17, 15) is 9.59 Å². The lowest BCUT2D eigenvalue weighted by atomic mass is 10.2. The molecule has 0 spiro atoms. The number of nitrogens with one attached hydrogen (secondary N) is 2. The molecule has 1 aromatic rings. The monoisotopic (exact) mass is 262 g/mol. The maximum absolute atomic E-state index is 11.9. The standard InChI is InChI=1S/C15H22N2O2/c1-4-5-10-14(18)16-12(3)15(19)17-13-9-7-6-8-11(13)2/h6-9,12H,4-5,10H2,1-3H3,(H,16,18)(H,17,19). The van der Waals surface area contributed by atoms with E-state index in [4.69, 9.17) is 0 Å². The molecule has 0 saturated carbocycles. The first-order valence-corrected chi connectivity index (χ1v) is 6.70. The average molecular weight is 262 g/mol. The van der Waals surface area contributed by atoms with Crippen LogP contribution in [0, 0.1) is 6.92 Å². The number of unbranched alkanes of at least 4 members (excludes halogenated alkanes) is 1. The highest BCUT2D eigenvalue weighted by Gasteiger charge is 2.15. The zero-order valence-electron chi connectivity index (χ0n) is 11.8. The first-order chi connectivity index (χ1) is 9.04. The second kappa shape index (κ2) is 7.56. The third-order valence-corrected chi connectivity index (χ3v) is 2.93. The summed E-state index contributed by atoms with van der Waals surface area (Å²) in [5.74, 6) is -0.270. The van der Waals surface area contributed by atoms with Crippen LogP contribution in [0.4, 0.5) is 5.69 Å². The summed E-state index contributed by atoms with van der Waals surface area (Å²) in [6.07, 6.45) is 2.29. The SMILES string of the molecule is CCCCC(=O)NC(C)C(=O)Nc1ccccc1C. The van der Waals surface area contributed by atoms with Gasteiger partial charge in [-0.2, -0.15) is 0 Å². The molecule has 1 unspecified atom stereocenters. The van der Waals surface area contributed by atoms with Crippen molar-refractivity contribution >= 4 is 17.5 Å². The smallest absolute Gasteiger partial charge is 0.246 e. The molecule has 0 aliphatic carbocycles. The molecule has 19 heavy (non-hydrogen) atoms. The summed E-state index contributed by atoms with van der Waals surface area (Å²) < 4.78 is 0. The lowest BCUT2D eigenvalue weighted by Crippen LogP contribution is -2.41. The van der Waals surface area contributed by atoms with E-state index in [0.717, 1.165) is 24.1 Å². The van der Waals surface area contributed by atoms with Crippen LogP contribution in [0.3, 0.4) is 0 Å². The van der Waals surface area contributed by atoms with E-state index in [0.29, 0.717) is 6.42 Å². The Bertz CT molecular complexity index is 444. The molecular weight excluding hydrogens is 240 g/mol. The fraction of sp³-hybridized carbons (Fsp3) is 0.467. The van der Waals surface area contributed by atoms with Gasteiger partial charge in [0.05, 0.1) is 0 Å². The number of rotatable bonds is 6. The molecule has 104 valence electrons. The summed E-state index contributed by atoms with van der Waals surface area (Å²) in [4.78, 5) is 23.5. The van der Waals surface area contributed by atoms with Crippen LogP contribution < -0.4 is 10.6 Å². The Labute approximate surface area is 114 Å². The Morgan fingerprint density at radius 3 is 2.58 bits per heavy atom. The van der Waals surface area contributed by atoms with Crippen molar-refractivity contribution in [2.75, 3.05) is 5.32 Å². The van der Waals surface area contributed by atoms with Crippen molar-refractivity contribution < 1.29 is 9.59 Å². The number of aryl methyl sites for hydroxylation is 1. The van der Waals surface area contributed by atoms with Gasteiger partial charge in [0, 0.05) is 12.1 Å². The number of anilines is 1. The van der Waals surface area contributed by atoms with Crippen LogP contribution in [-0.2, 0) is 9.59 Å². The topological polar surface area (TPSA) is 58.2 Å². The van der Waals surface area contributed by atoms with Gasteiger partial charge in [-0.05, 0) is 31.9 Å². The third kappa shape index (κ3) is 5.12. The van der Waals surface area contributed by atoms with E-state index in [1.165, 1.54) is 0 Å². The number of amides is 2. The van der Waals surface area contributed by atoms with Crippen molar-refractivity contribution in [2.24, 2.45) is 0 Å². The van der Waals surface area contributed by atoms with Gasteiger partial charge >= 0.3 is 0 Å². The summed E-state index contributed by atoms with van der Waals surface area (Å²) in [6, 6.07) is 7.04. The number of hydrogen-bond donors (Lipinski definition) is 2.